The summed E-state index contributed by atoms with van der Waals surface area (Å²) < 4.78 is 1.49. The number of hydrogen-bond donors (Lipinski definition) is 1. The van der Waals surface area contributed by atoms with Gasteiger partial charge in [-0.3, -0.25) is 0 Å². The molecule has 2 aromatic heterocycles. The van der Waals surface area contributed by atoms with Gasteiger partial charge in [0.25, 0.3) is 5.95 Å². The molecule has 0 radical (unpaired) electrons. The molecule has 0 saturated heterocycles. The minimum Gasteiger partial charge on any atom is -0.383 e. The van der Waals surface area contributed by atoms with E-state index in [1.165, 1.54) is 16.7 Å². The molecule has 0 fully saturated rings. The van der Waals surface area contributed by atoms with Crippen molar-refractivity contribution >= 4 is 23.0 Å². The lowest BCUT2D eigenvalue weighted by Gasteiger charge is -2.12. The van der Waals surface area contributed by atoms with Gasteiger partial charge in [-0.1, -0.05) is 17.7 Å². The summed E-state index contributed by atoms with van der Waals surface area (Å²) in [6, 6.07) is 1.75. The van der Waals surface area contributed by atoms with Crippen LogP contribution in [-0.2, 0) is 0 Å². The fourth-order valence-electron chi connectivity index (χ4n) is 2.32. The van der Waals surface area contributed by atoms with Gasteiger partial charge in [-0.15, -0.1) is 0 Å². The lowest BCUT2D eigenvalue weighted by molar-refractivity contribution is 0.742. The zero-order chi connectivity index (χ0) is 13.2. The van der Waals surface area contributed by atoms with Crippen LogP contribution in [0.1, 0.15) is 31.2 Å². The number of rotatable bonds is 2. The Balaban J connectivity index is 2.08. The van der Waals surface area contributed by atoms with Gasteiger partial charge in [0.05, 0.1) is 5.56 Å². The van der Waals surface area contributed by atoms with Crippen molar-refractivity contribution in [2.45, 2.75) is 25.7 Å². The second kappa shape index (κ2) is 5.01. The van der Waals surface area contributed by atoms with E-state index in [9.17, 15) is 0 Å². The van der Waals surface area contributed by atoms with E-state index < -0.39 is 0 Å². The van der Waals surface area contributed by atoms with Crippen molar-refractivity contribution in [1.82, 2.24) is 19.7 Å². The minimum atomic E-state index is 0.415. The van der Waals surface area contributed by atoms with Crippen molar-refractivity contribution in [3.8, 4) is 5.95 Å². The average molecular weight is 276 g/mol. The molecule has 2 aromatic rings. The molecule has 0 spiro atoms. The smallest absolute Gasteiger partial charge is 0.252 e. The summed E-state index contributed by atoms with van der Waals surface area (Å²) in [4.78, 5) is 8.28. The Labute approximate surface area is 116 Å². The van der Waals surface area contributed by atoms with Gasteiger partial charge >= 0.3 is 0 Å². The van der Waals surface area contributed by atoms with Gasteiger partial charge in [-0.05, 0) is 37.3 Å². The quantitative estimate of drug-likeness (QED) is 0.915. The summed E-state index contributed by atoms with van der Waals surface area (Å²) in [6.07, 6.45) is 9.93. The number of nitrogens with zero attached hydrogens (tertiary/aromatic N) is 4. The van der Waals surface area contributed by atoms with Gasteiger partial charge in [0.1, 0.15) is 5.82 Å². The van der Waals surface area contributed by atoms with Gasteiger partial charge in [0.15, 0.2) is 5.15 Å². The number of halogens is 1. The maximum Gasteiger partial charge on any atom is 0.252 e. The SMILES string of the molecule is Nc1c(C2=CCCCC2)c(Cl)nn1-c1ncccn1. The van der Waals surface area contributed by atoms with E-state index in [0.29, 0.717) is 16.9 Å². The molecular weight excluding hydrogens is 262 g/mol. The highest BCUT2D eigenvalue weighted by Gasteiger charge is 2.20. The van der Waals surface area contributed by atoms with Crippen molar-refractivity contribution in [3.63, 3.8) is 0 Å². The molecule has 0 saturated carbocycles. The predicted molar refractivity (Wildman–Crippen MR) is 75.0 cm³/mol. The lowest BCUT2D eigenvalue weighted by Crippen LogP contribution is -2.06. The molecule has 3 rings (SSSR count). The molecule has 5 nitrogen and oxygen atoms in total. The molecule has 0 unspecified atom stereocenters. The summed E-state index contributed by atoms with van der Waals surface area (Å²) >= 11 is 6.23. The van der Waals surface area contributed by atoms with E-state index in [1.54, 1.807) is 18.5 Å². The third-order valence-corrected chi connectivity index (χ3v) is 3.50. The largest absolute Gasteiger partial charge is 0.383 e. The Morgan fingerprint density at radius 3 is 2.68 bits per heavy atom. The molecule has 2 heterocycles. The molecule has 0 atom stereocenters. The molecule has 1 aliphatic carbocycles. The van der Waals surface area contributed by atoms with Gasteiger partial charge < -0.3 is 5.73 Å². The number of hydrogen-bond acceptors (Lipinski definition) is 4. The number of anilines is 1. The van der Waals surface area contributed by atoms with E-state index in [1.807, 2.05) is 0 Å². The van der Waals surface area contributed by atoms with Crippen LogP contribution in [0.15, 0.2) is 24.5 Å². The highest BCUT2D eigenvalue weighted by atomic mass is 35.5. The summed E-state index contributed by atoms with van der Waals surface area (Å²) in [6.45, 7) is 0. The van der Waals surface area contributed by atoms with E-state index in [-0.39, 0.29) is 0 Å². The Kier molecular flexibility index (Phi) is 3.21. The third-order valence-electron chi connectivity index (χ3n) is 3.23. The van der Waals surface area contributed by atoms with Crippen molar-refractivity contribution in [3.05, 3.63) is 35.3 Å². The maximum absolute atomic E-state index is 6.23. The monoisotopic (exact) mass is 275 g/mol. The second-order valence-electron chi connectivity index (χ2n) is 4.49. The first kappa shape index (κ1) is 12.2. The van der Waals surface area contributed by atoms with Crippen LogP contribution in [0, 0.1) is 0 Å². The Hall–Kier alpha value is -1.88. The van der Waals surface area contributed by atoms with Crippen molar-refractivity contribution in [2.24, 2.45) is 0 Å². The summed E-state index contributed by atoms with van der Waals surface area (Å²) in [5, 5.41) is 4.66. The molecular formula is C13H14ClN5. The number of aromatic nitrogens is 4. The molecule has 6 heteroatoms. The van der Waals surface area contributed by atoms with Crippen LogP contribution in [0.4, 0.5) is 5.82 Å². The minimum absolute atomic E-state index is 0.415. The summed E-state index contributed by atoms with van der Waals surface area (Å²) in [5.41, 5.74) is 8.17. The number of allylic oxidation sites excluding steroid dienone is 2. The van der Waals surface area contributed by atoms with Crippen molar-refractivity contribution in [2.75, 3.05) is 5.73 Å². The topological polar surface area (TPSA) is 69.6 Å². The molecule has 19 heavy (non-hydrogen) atoms. The Bertz CT molecular complexity index is 617. The van der Waals surface area contributed by atoms with Crippen LogP contribution in [0.5, 0.6) is 0 Å². The van der Waals surface area contributed by atoms with Gasteiger partial charge in [0, 0.05) is 12.4 Å². The third kappa shape index (κ3) is 2.21. The highest BCUT2D eigenvalue weighted by molar-refractivity contribution is 6.31. The first-order valence-corrected chi connectivity index (χ1v) is 6.66. The fraction of sp³-hybridized carbons (Fsp3) is 0.308. The summed E-state index contributed by atoms with van der Waals surface area (Å²) in [5.74, 6) is 0.939. The molecule has 0 aromatic carbocycles. The van der Waals surface area contributed by atoms with Crippen molar-refractivity contribution < 1.29 is 0 Å². The second-order valence-corrected chi connectivity index (χ2v) is 4.84. The van der Waals surface area contributed by atoms with E-state index in [2.05, 4.69) is 21.1 Å². The average Bonchev–Trinajstić information content (AvgIpc) is 2.76. The molecule has 2 N–H and O–H groups in total. The van der Waals surface area contributed by atoms with E-state index in [4.69, 9.17) is 17.3 Å². The van der Waals surface area contributed by atoms with Crippen LogP contribution in [0.2, 0.25) is 5.15 Å². The lowest BCUT2D eigenvalue weighted by atomic mass is 9.95. The van der Waals surface area contributed by atoms with Gasteiger partial charge in [-0.2, -0.15) is 9.78 Å². The van der Waals surface area contributed by atoms with Gasteiger partial charge in [-0.25, -0.2) is 9.97 Å². The van der Waals surface area contributed by atoms with Crippen molar-refractivity contribution in [1.29, 1.82) is 0 Å². The normalized spacial score (nSPS) is 15.3. The van der Waals surface area contributed by atoms with Crippen LogP contribution in [0.25, 0.3) is 11.5 Å². The van der Waals surface area contributed by atoms with Crippen LogP contribution in [-0.4, -0.2) is 19.7 Å². The highest BCUT2D eigenvalue weighted by Crippen LogP contribution is 2.35. The van der Waals surface area contributed by atoms with E-state index >= 15 is 0 Å². The Morgan fingerprint density at radius 1 is 1.21 bits per heavy atom. The zero-order valence-electron chi connectivity index (χ0n) is 10.4. The predicted octanol–water partition coefficient (Wildman–Crippen LogP) is 2.86. The van der Waals surface area contributed by atoms with Crippen LogP contribution < -0.4 is 5.73 Å². The standard InChI is InChI=1S/C13H14ClN5/c14-11-10(9-5-2-1-3-6-9)12(15)19(18-11)13-16-7-4-8-17-13/h4-5,7-8H,1-3,6,15H2. The fourth-order valence-corrected chi connectivity index (χ4v) is 2.61. The first-order valence-electron chi connectivity index (χ1n) is 6.28. The molecule has 1 aliphatic rings. The summed E-state index contributed by atoms with van der Waals surface area (Å²) in [7, 11) is 0. The first-order chi connectivity index (χ1) is 9.27. The van der Waals surface area contributed by atoms with E-state index in [0.717, 1.165) is 24.8 Å². The molecule has 98 valence electrons. The van der Waals surface area contributed by atoms with Crippen LogP contribution in [0.3, 0.4) is 0 Å². The van der Waals surface area contributed by atoms with Crippen LogP contribution >= 0.6 is 11.6 Å². The molecule has 0 bridgehead atoms. The molecule has 0 aliphatic heterocycles. The Morgan fingerprint density at radius 2 is 2.00 bits per heavy atom. The zero-order valence-corrected chi connectivity index (χ0v) is 11.1. The van der Waals surface area contributed by atoms with Gasteiger partial charge in [0.2, 0.25) is 0 Å². The maximum atomic E-state index is 6.23. The number of nitrogen functional groups attached to an aromatic ring is 1. The number of nitrogens with two attached hydrogens (primary N) is 1. The molecule has 0 amide bonds.